The zero-order valence-electron chi connectivity index (χ0n) is 9.92. The lowest BCUT2D eigenvalue weighted by molar-refractivity contribution is -0.118. The van der Waals surface area contributed by atoms with Crippen LogP contribution in [0.5, 0.6) is 0 Å². The lowest BCUT2D eigenvalue weighted by atomic mass is 10.0. The predicted octanol–water partition coefficient (Wildman–Crippen LogP) is 3.20. The molecule has 18 heavy (non-hydrogen) atoms. The van der Waals surface area contributed by atoms with Crippen molar-refractivity contribution in [2.75, 3.05) is 18.1 Å². The average Bonchev–Trinajstić information content (AvgIpc) is 2.35. The molecule has 1 aliphatic heterocycles. The minimum Gasteiger partial charge on any atom is -0.312 e. The number of Topliss-reactive ketones (excluding diaryl/α,β-unsaturated/α-hetero) is 1. The van der Waals surface area contributed by atoms with Gasteiger partial charge in [0.15, 0.2) is 0 Å². The van der Waals surface area contributed by atoms with E-state index >= 15 is 0 Å². The number of ketones is 1. The molecule has 1 aliphatic rings. The van der Waals surface area contributed by atoms with Crippen molar-refractivity contribution < 1.29 is 4.79 Å². The van der Waals surface area contributed by atoms with Gasteiger partial charge in [-0.1, -0.05) is 29.3 Å². The first-order valence-corrected chi connectivity index (χ1v) is 7.83. The van der Waals surface area contributed by atoms with Crippen LogP contribution >= 0.6 is 35.0 Å². The normalized spacial score (nSPS) is 19.8. The van der Waals surface area contributed by atoms with Gasteiger partial charge in [0.2, 0.25) is 0 Å². The third-order valence-corrected chi connectivity index (χ3v) is 4.73. The van der Waals surface area contributed by atoms with Crippen LogP contribution in [0, 0.1) is 0 Å². The van der Waals surface area contributed by atoms with Crippen LogP contribution in [-0.4, -0.2) is 29.9 Å². The van der Waals surface area contributed by atoms with Gasteiger partial charge in [0, 0.05) is 36.9 Å². The van der Waals surface area contributed by atoms with E-state index in [9.17, 15) is 4.79 Å². The summed E-state index contributed by atoms with van der Waals surface area (Å²) in [7, 11) is 0. The molecule has 5 heteroatoms. The number of carbonyl (C=O) groups excluding carboxylic acids is 1. The lowest BCUT2D eigenvalue weighted by Gasteiger charge is -2.22. The van der Waals surface area contributed by atoms with Gasteiger partial charge < -0.3 is 5.32 Å². The molecule has 0 aliphatic carbocycles. The number of hydrogen-bond acceptors (Lipinski definition) is 3. The standard InChI is InChI=1S/C13H15Cl2NOS/c14-12-2-1-9(6-13(12)15)5-11(17)7-10-8-18-4-3-16-10/h1-2,6,10,16H,3-5,7-8H2. The maximum Gasteiger partial charge on any atom is 0.138 e. The largest absolute Gasteiger partial charge is 0.312 e. The Bertz CT molecular complexity index is 433. The summed E-state index contributed by atoms with van der Waals surface area (Å²) in [6, 6.07) is 5.68. The van der Waals surface area contributed by atoms with E-state index in [0.717, 1.165) is 23.6 Å². The molecule has 1 fully saturated rings. The van der Waals surface area contributed by atoms with Gasteiger partial charge in [-0.25, -0.2) is 0 Å². The SMILES string of the molecule is O=C(Cc1ccc(Cl)c(Cl)c1)CC1CSCCN1. The molecule has 1 aromatic rings. The second-order valence-corrected chi connectivity index (χ2v) is 6.36. The van der Waals surface area contributed by atoms with E-state index in [1.54, 1.807) is 12.1 Å². The first-order chi connectivity index (χ1) is 8.65. The van der Waals surface area contributed by atoms with Crippen molar-refractivity contribution in [1.29, 1.82) is 0 Å². The van der Waals surface area contributed by atoms with Gasteiger partial charge in [0.1, 0.15) is 5.78 Å². The zero-order chi connectivity index (χ0) is 13.0. The first-order valence-electron chi connectivity index (χ1n) is 5.92. The lowest BCUT2D eigenvalue weighted by Crippen LogP contribution is -2.39. The van der Waals surface area contributed by atoms with Crippen LogP contribution in [-0.2, 0) is 11.2 Å². The molecule has 1 saturated heterocycles. The molecule has 1 unspecified atom stereocenters. The molecule has 1 N–H and O–H groups in total. The number of halogens is 2. The quantitative estimate of drug-likeness (QED) is 0.926. The van der Waals surface area contributed by atoms with Crippen LogP contribution in [0.1, 0.15) is 12.0 Å². The smallest absolute Gasteiger partial charge is 0.138 e. The van der Waals surface area contributed by atoms with Gasteiger partial charge in [-0.05, 0) is 17.7 Å². The minimum absolute atomic E-state index is 0.244. The van der Waals surface area contributed by atoms with E-state index < -0.39 is 0 Å². The second kappa shape index (κ2) is 6.80. The summed E-state index contributed by atoms with van der Waals surface area (Å²) in [6.45, 7) is 0.995. The predicted molar refractivity (Wildman–Crippen MR) is 78.9 cm³/mol. The Hall–Kier alpha value is -0.220. The molecule has 0 aromatic heterocycles. The maximum absolute atomic E-state index is 12.0. The third kappa shape index (κ3) is 4.16. The third-order valence-electron chi connectivity index (χ3n) is 2.86. The van der Waals surface area contributed by atoms with Gasteiger partial charge in [-0.15, -0.1) is 0 Å². The average molecular weight is 304 g/mol. The summed E-state index contributed by atoms with van der Waals surface area (Å²) in [4.78, 5) is 12.0. The summed E-state index contributed by atoms with van der Waals surface area (Å²) < 4.78 is 0. The summed E-state index contributed by atoms with van der Waals surface area (Å²) in [5.74, 6) is 2.40. The van der Waals surface area contributed by atoms with Crippen LogP contribution in [0.2, 0.25) is 10.0 Å². The molecule has 0 amide bonds. The molecule has 0 saturated carbocycles. The fraction of sp³-hybridized carbons (Fsp3) is 0.462. The number of nitrogens with one attached hydrogen (secondary N) is 1. The van der Waals surface area contributed by atoms with Gasteiger partial charge in [0.25, 0.3) is 0 Å². The summed E-state index contributed by atoms with van der Waals surface area (Å²) in [5.41, 5.74) is 0.929. The Labute approximate surface area is 121 Å². The molecular formula is C13H15Cl2NOS. The van der Waals surface area contributed by atoms with Gasteiger partial charge in [-0.3, -0.25) is 4.79 Å². The monoisotopic (exact) mass is 303 g/mol. The van der Waals surface area contributed by atoms with Crippen LogP contribution in [0.25, 0.3) is 0 Å². The van der Waals surface area contributed by atoms with Crippen molar-refractivity contribution in [1.82, 2.24) is 5.32 Å². The number of rotatable bonds is 4. The van der Waals surface area contributed by atoms with E-state index in [1.807, 2.05) is 17.8 Å². The van der Waals surface area contributed by atoms with Crippen molar-refractivity contribution >= 4 is 40.7 Å². The first kappa shape index (κ1) is 14.2. The molecule has 2 rings (SSSR count). The highest BCUT2D eigenvalue weighted by Gasteiger charge is 2.16. The van der Waals surface area contributed by atoms with Gasteiger partial charge in [0.05, 0.1) is 10.0 Å². The Morgan fingerprint density at radius 1 is 1.39 bits per heavy atom. The van der Waals surface area contributed by atoms with E-state index in [1.165, 1.54) is 0 Å². The Morgan fingerprint density at radius 2 is 2.22 bits per heavy atom. The Kier molecular flexibility index (Phi) is 5.37. The molecule has 2 nitrogen and oxygen atoms in total. The molecule has 98 valence electrons. The molecule has 0 radical (unpaired) electrons. The van der Waals surface area contributed by atoms with Crippen molar-refractivity contribution in [2.24, 2.45) is 0 Å². The number of carbonyl (C=O) groups is 1. The molecular weight excluding hydrogens is 289 g/mol. The highest BCUT2D eigenvalue weighted by atomic mass is 35.5. The van der Waals surface area contributed by atoms with Crippen molar-refractivity contribution in [3.05, 3.63) is 33.8 Å². The molecule has 1 aromatic carbocycles. The highest BCUT2D eigenvalue weighted by Crippen LogP contribution is 2.23. The van der Waals surface area contributed by atoms with Gasteiger partial charge >= 0.3 is 0 Å². The summed E-state index contributed by atoms with van der Waals surface area (Å²) in [6.07, 6.45) is 1.02. The summed E-state index contributed by atoms with van der Waals surface area (Å²) >= 11 is 13.7. The van der Waals surface area contributed by atoms with E-state index in [2.05, 4.69) is 5.32 Å². The van der Waals surface area contributed by atoms with E-state index in [-0.39, 0.29) is 5.78 Å². The minimum atomic E-state index is 0.244. The Morgan fingerprint density at radius 3 is 2.89 bits per heavy atom. The van der Waals surface area contributed by atoms with E-state index in [4.69, 9.17) is 23.2 Å². The maximum atomic E-state index is 12.0. The fourth-order valence-electron chi connectivity index (χ4n) is 1.98. The topological polar surface area (TPSA) is 29.1 Å². The fourth-order valence-corrected chi connectivity index (χ4v) is 3.24. The van der Waals surface area contributed by atoms with Crippen LogP contribution in [0.15, 0.2) is 18.2 Å². The van der Waals surface area contributed by atoms with Crippen LogP contribution < -0.4 is 5.32 Å². The molecule has 1 atom stereocenters. The molecule has 0 bridgehead atoms. The number of benzene rings is 1. The van der Waals surface area contributed by atoms with Gasteiger partial charge in [-0.2, -0.15) is 11.8 Å². The van der Waals surface area contributed by atoms with Crippen molar-refractivity contribution in [3.8, 4) is 0 Å². The Balaban J connectivity index is 1.88. The van der Waals surface area contributed by atoms with Crippen LogP contribution in [0.4, 0.5) is 0 Å². The number of thioether (sulfide) groups is 1. The van der Waals surface area contributed by atoms with Crippen molar-refractivity contribution in [3.63, 3.8) is 0 Å². The van der Waals surface area contributed by atoms with E-state index in [0.29, 0.717) is 28.9 Å². The molecule has 1 heterocycles. The summed E-state index contributed by atoms with van der Waals surface area (Å²) in [5, 5.41) is 4.40. The number of hydrogen-bond donors (Lipinski definition) is 1. The zero-order valence-corrected chi connectivity index (χ0v) is 12.2. The molecule has 0 spiro atoms. The van der Waals surface area contributed by atoms with Crippen molar-refractivity contribution in [2.45, 2.75) is 18.9 Å². The second-order valence-electron chi connectivity index (χ2n) is 4.39. The van der Waals surface area contributed by atoms with Crippen LogP contribution in [0.3, 0.4) is 0 Å². The highest BCUT2D eigenvalue weighted by molar-refractivity contribution is 7.99.